The normalized spacial score (nSPS) is 12.2. The standard InChI is InChI=1S/C25H23FN4O3S/c1-16(17-7-4-3-5-8-17)28-25(31)20-11-19(13-22(14-20)30-34(2,32)33)24-27-15-23(29-24)18-9-6-10-21(26)12-18/h3-16,30H,1-2H3,(H,27,29)(H,28,31)/t16-/m0/s1. The Morgan fingerprint density at radius 1 is 1.00 bits per heavy atom. The minimum Gasteiger partial charge on any atom is -0.346 e. The van der Waals surface area contributed by atoms with Gasteiger partial charge in [0.2, 0.25) is 10.0 Å². The van der Waals surface area contributed by atoms with Crippen LogP contribution in [0, 0.1) is 5.82 Å². The highest BCUT2D eigenvalue weighted by Gasteiger charge is 2.16. The lowest BCUT2D eigenvalue weighted by atomic mass is 10.1. The van der Waals surface area contributed by atoms with Crippen LogP contribution in [-0.4, -0.2) is 30.5 Å². The molecule has 0 bridgehead atoms. The average molecular weight is 479 g/mol. The van der Waals surface area contributed by atoms with Gasteiger partial charge >= 0.3 is 0 Å². The molecule has 4 rings (SSSR count). The molecular weight excluding hydrogens is 455 g/mol. The van der Waals surface area contributed by atoms with Gasteiger partial charge in [-0.05, 0) is 42.8 Å². The highest BCUT2D eigenvalue weighted by molar-refractivity contribution is 7.92. The minimum atomic E-state index is -3.58. The first-order valence-electron chi connectivity index (χ1n) is 10.5. The molecule has 1 amide bonds. The maximum Gasteiger partial charge on any atom is 0.251 e. The van der Waals surface area contributed by atoms with Crippen molar-refractivity contribution in [2.24, 2.45) is 0 Å². The van der Waals surface area contributed by atoms with Gasteiger partial charge in [0.1, 0.15) is 11.6 Å². The molecule has 1 heterocycles. The second-order valence-electron chi connectivity index (χ2n) is 7.93. The van der Waals surface area contributed by atoms with E-state index in [2.05, 4.69) is 20.0 Å². The molecule has 0 aliphatic rings. The van der Waals surface area contributed by atoms with Crippen molar-refractivity contribution in [2.45, 2.75) is 13.0 Å². The number of carbonyl (C=O) groups is 1. The number of benzene rings is 3. The van der Waals surface area contributed by atoms with Crippen molar-refractivity contribution < 1.29 is 17.6 Å². The Kier molecular flexibility index (Phi) is 6.47. The summed E-state index contributed by atoms with van der Waals surface area (Å²) >= 11 is 0. The Morgan fingerprint density at radius 3 is 2.47 bits per heavy atom. The number of carbonyl (C=O) groups excluding carboxylic acids is 1. The molecule has 9 heteroatoms. The Labute approximate surface area is 197 Å². The number of sulfonamides is 1. The first-order chi connectivity index (χ1) is 16.2. The van der Waals surface area contributed by atoms with E-state index < -0.39 is 10.0 Å². The van der Waals surface area contributed by atoms with Crippen LogP contribution in [0.5, 0.6) is 0 Å². The SMILES string of the molecule is C[C@H](NC(=O)c1cc(NS(C)(=O)=O)cc(-c2ncc(-c3cccc(F)c3)[nH]2)c1)c1ccccc1. The van der Waals surface area contributed by atoms with Gasteiger partial charge in [-0.2, -0.15) is 0 Å². The summed E-state index contributed by atoms with van der Waals surface area (Å²) in [7, 11) is -3.58. The zero-order valence-electron chi connectivity index (χ0n) is 18.5. The van der Waals surface area contributed by atoms with Gasteiger partial charge < -0.3 is 10.3 Å². The molecule has 0 aliphatic heterocycles. The number of anilines is 1. The number of hydrogen-bond donors (Lipinski definition) is 3. The molecule has 0 saturated heterocycles. The third-order valence-corrected chi connectivity index (χ3v) is 5.74. The van der Waals surface area contributed by atoms with Gasteiger partial charge in [-0.25, -0.2) is 17.8 Å². The third kappa shape index (κ3) is 5.68. The van der Waals surface area contributed by atoms with E-state index in [0.717, 1.165) is 11.8 Å². The van der Waals surface area contributed by atoms with Crippen LogP contribution in [0.1, 0.15) is 28.9 Å². The van der Waals surface area contributed by atoms with Gasteiger partial charge in [-0.15, -0.1) is 0 Å². The fraction of sp³-hybridized carbons (Fsp3) is 0.120. The van der Waals surface area contributed by atoms with Crippen LogP contribution in [0.4, 0.5) is 10.1 Å². The molecule has 0 aliphatic carbocycles. The Morgan fingerprint density at radius 2 is 1.76 bits per heavy atom. The summed E-state index contributed by atoms with van der Waals surface area (Å²) in [6.45, 7) is 1.87. The first-order valence-corrected chi connectivity index (χ1v) is 12.4. The summed E-state index contributed by atoms with van der Waals surface area (Å²) in [4.78, 5) is 20.5. The number of H-pyrrole nitrogens is 1. The van der Waals surface area contributed by atoms with Crippen LogP contribution < -0.4 is 10.0 Å². The number of halogens is 1. The summed E-state index contributed by atoms with van der Waals surface area (Å²) < 4.78 is 39.7. The van der Waals surface area contributed by atoms with Crippen molar-refractivity contribution in [1.82, 2.24) is 15.3 Å². The highest BCUT2D eigenvalue weighted by atomic mass is 32.2. The fourth-order valence-electron chi connectivity index (χ4n) is 3.54. The van der Waals surface area contributed by atoms with E-state index in [1.165, 1.54) is 18.2 Å². The van der Waals surface area contributed by atoms with Gasteiger partial charge in [-0.1, -0.05) is 42.5 Å². The van der Waals surface area contributed by atoms with E-state index in [4.69, 9.17) is 0 Å². The summed E-state index contributed by atoms with van der Waals surface area (Å²) in [5.74, 6) is -0.340. The van der Waals surface area contributed by atoms with Gasteiger partial charge in [-0.3, -0.25) is 9.52 Å². The lowest BCUT2D eigenvalue weighted by molar-refractivity contribution is 0.0940. The zero-order chi connectivity index (χ0) is 24.3. The number of rotatable bonds is 7. The quantitative estimate of drug-likeness (QED) is 0.357. The van der Waals surface area contributed by atoms with Crippen molar-refractivity contribution in [2.75, 3.05) is 11.0 Å². The largest absolute Gasteiger partial charge is 0.346 e. The van der Waals surface area contributed by atoms with Gasteiger partial charge in [0.05, 0.1) is 24.2 Å². The molecule has 0 unspecified atom stereocenters. The number of nitrogens with zero attached hydrogens (tertiary/aromatic N) is 1. The van der Waals surface area contributed by atoms with Crippen LogP contribution in [0.2, 0.25) is 0 Å². The topological polar surface area (TPSA) is 104 Å². The molecule has 0 saturated carbocycles. The number of amides is 1. The van der Waals surface area contributed by atoms with Crippen molar-refractivity contribution in [3.05, 3.63) is 95.9 Å². The molecule has 1 aromatic heterocycles. The number of aromatic amines is 1. The van der Waals surface area contributed by atoms with E-state index in [9.17, 15) is 17.6 Å². The fourth-order valence-corrected chi connectivity index (χ4v) is 4.09. The molecule has 3 N–H and O–H groups in total. The molecule has 0 radical (unpaired) electrons. The number of imidazole rings is 1. The van der Waals surface area contributed by atoms with Crippen LogP contribution in [-0.2, 0) is 10.0 Å². The molecular formula is C25H23FN4O3S. The van der Waals surface area contributed by atoms with Gasteiger partial charge in [0, 0.05) is 22.4 Å². The van der Waals surface area contributed by atoms with Crippen molar-refractivity contribution in [3.63, 3.8) is 0 Å². The van der Waals surface area contributed by atoms with E-state index in [0.29, 0.717) is 22.6 Å². The van der Waals surface area contributed by atoms with Crippen LogP contribution >= 0.6 is 0 Å². The van der Waals surface area contributed by atoms with E-state index in [-0.39, 0.29) is 29.0 Å². The molecule has 7 nitrogen and oxygen atoms in total. The van der Waals surface area contributed by atoms with E-state index in [1.54, 1.807) is 30.5 Å². The molecule has 174 valence electrons. The van der Waals surface area contributed by atoms with Crippen molar-refractivity contribution in [1.29, 1.82) is 0 Å². The van der Waals surface area contributed by atoms with Crippen LogP contribution in [0.3, 0.4) is 0 Å². The third-order valence-electron chi connectivity index (χ3n) is 5.13. The van der Waals surface area contributed by atoms with Crippen molar-refractivity contribution >= 4 is 21.6 Å². The summed E-state index contributed by atoms with van der Waals surface area (Å²) in [6, 6.07) is 20.0. The number of nitrogens with one attached hydrogen (secondary N) is 3. The predicted molar refractivity (Wildman–Crippen MR) is 130 cm³/mol. The molecule has 34 heavy (non-hydrogen) atoms. The summed E-state index contributed by atoms with van der Waals surface area (Å²) in [5, 5.41) is 2.93. The predicted octanol–water partition coefficient (Wildman–Crippen LogP) is 4.75. The zero-order valence-corrected chi connectivity index (χ0v) is 19.4. The second-order valence-corrected chi connectivity index (χ2v) is 9.68. The second kappa shape index (κ2) is 9.48. The lowest BCUT2D eigenvalue weighted by Crippen LogP contribution is -2.26. The Hall–Kier alpha value is -3.98. The Balaban J connectivity index is 1.68. The van der Waals surface area contributed by atoms with E-state index >= 15 is 0 Å². The lowest BCUT2D eigenvalue weighted by Gasteiger charge is -2.15. The van der Waals surface area contributed by atoms with Crippen LogP contribution in [0.25, 0.3) is 22.6 Å². The first kappa shape index (κ1) is 23.2. The molecule has 4 aromatic rings. The van der Waals surface area contributed by atoms with Crippen LogP contribution in [0.15, 0.2) is 79.0 Å². The Bertz CT molecular complexity index is 1440. The van der Waals surface area contributed by atoms with Crippen molar-refractivity contribution in [3.8, 4) is 22.6 Å². The maximum atomic E-state index is 13.6. The summed E-state index contributed by atoms with van der Waals surface area (Å²) in [5.41, 5.74) is 3.11. The highest BCUT2D eigenvalue weighted by Crippen LogP contribution is 2.27. The number of aromatic nitrogens is 2. The average Bonchev–Trinajstić information content (AvgIpc) is 3.29. The maximum absolute atomic E-state index is 13.6. The molecule has 3 aromatic carbocycles. The smallest absolute Gasteiger partial charge is 0.251 e. The summed E-state index contributed by atoms with van der Waals surface area (Å²) in [6.07, 6.45) is 2.59. The molecule has 0 fully saturated rings. The molecule has 1 atom stereocenters. The minimum absolute atomic E-state index is 0.223. The molecule has 0 spiro atoms. The number of hydrogen-bond acceptors (Lipinski definition) is 4. The van der Waals surface area contributed by atoms with Gasteiger partial charge in [0.25, 0.3) is 5.91 Å². The van der Waals surface area contributed by atoms with Gasteiger partial charge in [0.15, 0.2) is 0 Å². The van der Waals surface area contributed by atoms with E-state index in [1.807, 2.05) is 37.3 Å². The monoisotopic (exact) mass is 478 g/mol.